The van der Waals surface area contributed by atoms with E-state index in [0.717, 1.165) is 86.4 Å². The summed E-state index contributed by atoms with van der Waals surface area (Å²) in [5.74, 6) is 1.56. The molecule has 0 amide bonds. The predicted octanol–water partition coefficient (Wildman–Crippen LogP) is 11.5. The van der Waals surface area contributed by atoms with E-state index in [0.29, 0.717) is 45.2 Å². The van der Waals surface area contributed by atoms with E-state index in [1.54, 1.807) is 65.1 Å². The smallest absolute Gasteiger partial charge is 0.421 e. The van der Waals surface area contributed by atoms with Gasteiger partial charge in [0.05, 0.1) is 37.0 Å². The highest BCUT2D eigenvalue weighted by Crippen LogP contribution is 2.46. The molecule has 4 aliphatic rings. The molecule has 0 unspecified atom stereocenters. The summed E-state index contributed by atoms with van der Waals surface area (Å²) >= 11 is 0. The minimum absolute atomic E-state index is 0.0348. The quantitative estimate of drug-likeness (QED) is 0.0757. The molecule has 2 spiro atoms. The molecule has 4 aromatic carbocycles. The number of hydrogen-bond acceptors (Lipinski definition) is 17. The Bertz CT molecular complexity index is 3200. The predicted molar refractivity (Wildman–Crippen MR) is 318 cm³/mol. The first-order valence-electron chi connectivity index (χ1n) is 27.4. The van der Waals surface area contributed by atoms with Gasteiger partial charge in [-0.15, -0.1) is 0 Å². The third-order valence-corrected chi connectivity index (χ3v) is 19.6. The minimum Gasteiger partial charge on any atom is -0.494 e. The lowest BCUT2D eigenvalue weighted by Gasteiger charge is -2.47. The van der Waals surface area contributed by atoms with Crippen LogP contribution < -0.4 is 51.1 Å². The summed E-state index contributed by atoms with van der Waals surface area (Å²) in [6.45, 7) is 15.5. The molecule has 428 valence electrons. The van der Waals surface area contributed by atoms with Gasteiger partial charge in [-0.2, -0.15) is 23.1 Å². The van der Waals surface area contributed by atoms with Crippen molar-refractivity contribution in [2.24, 2.45) is 10.8 Å². The van der Waals surface area contributed by atoms with Crippen molar-refractivity contribution in [3.63, 3.8) is 0 Å². The van der Waals surface area contributed by atoms with Gasteiger partial charge in [-0.3, -0.25) is 0 Å². The average molecular weight is 1140 g/mol. The van der Waals surface area contributed by atoms with Gasteiger partial charge in [-0.1, -0.05) is 24.3 Å². The Labute approximate surface area is 468 Å². The van der Waals surface area contributed by atoms with Crippen LogP contribution in [0.3, 0.4) is 0 Å². The molecule has 4 fully saturated rings. The third-order valence-electron chi connectivity index (χ3n) is 16.5. The fourth-order valence-corrected chi connectivity index (χ4v) is 13.7. The molecule has 4 saturated heterocycles. The van der Waals surface area contributed by atoms with Crippen LogP contribution in [0.2, 0.25) is 0 Å². The van der Waals surface area contributed by atoms with E-state index in [2.05, 4.69) is 92.0 Å². The lowest BCUT2D eigenvalue weighted by atomic mass is 9.71. The van der Waals surface area contributed by atoms with E-state index in [1.165, 1.54) is 63.6 Å². The molecule has 80 heavy (non-hydrogen) atoms. The van der Waals surface area contributed by atoms with Crippen LogP contribution in [0, 0.1) is 10.8 Å². The van der Waals surface area contributed by atoms with Crippen molar-refractivity contribution in [1.82, 2.24) is 34.7 Å². The molecule has 0 bridgehead atoms. The maximum atomic E-state index is 13.9. The molecule has 6 aromatic rings. The number of rotatable bonds is 14. The largest absolute Gasteiger partial charge is 0.494 e. The van der Waals surface area contributed by atoms with Gasteiger partial charge in [0.15, 0.2) is 0 Å². The monoisotopic (exact) mass is 1140 g/mol. The maximum absolute atomic E-state index is 13.9. The van der Waals surface area contributed by atoms with Crippen molar-refractivity contribution in [2.75, 3.05) is 138 Å². The number of piperidine rings is 4. The number of halogens is 3. The molecule has 6 heterocycles. The normalized spacial score (nSPS) is 17.8. The maximum Gasteiger partial charge on any atom is 0.421 e. The number of ether oxygens (including phenoxy) is 2. The number of hydrogen-bond donors (Lipinski definition) is 4. The Hall–Kier alpha value is -6.46. The Morgan fingerprint density at radius 3 is 1.31 bits per heavy atom. The minimum atomic E-state index is -4.70. The van der Waals surface area contributed by atoms with Crippen LogP contribution >= 0.6 is 14.3 Å². The number of aromatic nitrogens is 5. The number of alkyl halides is 3. The van der Waals surface area contributed by atoms with Gasteiger partial charge in [-0.25, -0.2) is 15.0 Å². The Kier molecular flexibility index (Phi) is 17.7. The topological polar surface area (TPSA) is 178 Å². The molecular formula is C58H76F3N13O4P2. The highest BCUT2D eigenvalue weighted by atomic mass is 31.2. The Morgan fingerprint density at radius 1 is 0.512 bits per heavy atom. The Balaban J connectivity index is 0.000000195. The van der Waals surface area contributed by atoms with Gasteiger partial charge in [0.2, 0.25) is 17.8 Å². The van der Waals surface area contributed by atoms with Crippen LogP contribution in [-0.4, -0.2) is 142 Å². The van der Waals surface area contributed by atoms with E-state index in [1.807, 2.05) is 48.5 Å². The summed E-state index contributed by atoms with van der Waals surface area (Å²) < 4.78 is 78.6. The zero-order valence-corrected chi connectivity index (χ0v) is 49.0. The number of anilines is 10. The highest BCUT2D eigenvalue weighted by molar-refractivity contribution is 7.70. The van der Waals surface area contributed by atoms with Gasteiger partial charge < -0.3 is 59.5 Å². The van der Waals surface area contributed by atoms with E-state index >= 15 is 0 Å². The van der Waals surface area contributed by atoms with Gasteiger partial charge in [0.1, 0.15) is 43.5 Å². The van der Waals surface area contributed by atoms with Crippen molar-refractivity contribution in [3.05, 3.63) is 103 Å². The standard InChI is InChI=1S/C30H38F3N6O2P.C28H38N7O2P/c1-38-15-11-29(12-16-38)13-17-39(18-14-29)21-9-10-23(25(19-21)41-2)36-28-34-20-22(30(31,32)33)27(37-28)35-24-7-5-6-8-26(24)42(3,4)40;1-34-15-11-28(12-16-34)13-17-35(18-14-28)21-9-10-22(24(19-21)37-2)31-26-29-20-30-27(33-26)32-23-7-5-6-8-25(23)38(3,4)36/h5-10,19-20H,11-18H2,1-4H3,(H2,34,35,36,37);5-10,19-20H,11-18H2,1-4H3,(H2,29,30,31,32,33). The summed E-state index contributed by atoms with van der Waals surface area (Å²) in [6, 6.07) is 26.1. The molecule has 0 radical (unpaired) electrons. The van der Waals surface area contributed by atoms with E-state index in [9.17, 15) is 22.3 Å². The molecule has 17 nitrogen and oxygen atoms in total. The molecule has 10 rings (SSSR count). The van der Waals surface area contributed by atoms with E-state index in [4.69, 9.17) is 9.47 Å². The summed E-state index contributed by atoms with van der Waals surface area (Å²) in [7, 11) is 2.40. The summed E-state index contributed by atoms with van der Waals surface area (Å²) in [5.41, 5.74) is 4.47. The van der Waals surface area contributed by atoms with Gasteiger partial charge in [-0.05, 0) is 178 Å². The third kappa shape index (κ3) is 14.2. The first-order chi connectivity index (χ1) is 38.1. The summed E-state index contributed by atoms with van der Waals surface area (Å²) in [4.78, 5) is 30.9. The number of nitrogens with one attached hydrogen (secondary N) is 4. The van der Waals surface area contributed by atoms with Gasteiger partial charge >= 0.3 is 6.18 Å². The second kappa shape index (κ2) is 24.3. The first kappa shape index (κ1) is 58.2. The zero-order valence-electron chi connectivity index (χ0n) is 47.2. The number of benzene rings is 4. The number of likely N-dealkylation sites (tertiary alicyclic amines) is 2. The number of para-hydroxylation sites is 2. The van der Waals surface area contributed by atoms with Crippen molar-refractivity contribution in [1.29, 1.82) is 0 Å². The lowest BCUT2D eigenvalue weighted by molar-refractivity contribution is -0.137. The van der Waals surface area contributed by atoms with Crippen molar-refractivity contribution in [2.45, 2.75) is 57.5 Å². The fourth-order valence-electron chi connectivity index (χ4n) is 11.4. The zero-order chi connectivity index (χ0) is 56.9. The van der Waals surface area contributed by atoms with Crippen LogP contribution in [0.15, 0.2) is 97.5 Å². The fraction of sp³-hybridized carbons (Fsp3) is 0.466. The van der Waals surface area contributed by atoms with E-state index in [-0.39, 0.29) is 5.95 Å². The SMILES string of the molecule is COc1cc(N2CCC3(CCN(C)CC3)CC2)ccc1Nc1ncc(C(F)(F)F)c(Nc2ccccc2P(C)(C)=O)n1.COc1cc(N2CCC3(CCN(C)CC3)CC2)ccc1Nc1ncnc(Nc2ccccc2P(C)(C)=O)n1. The molecule has 0 saturated carbocycles. The second-order valence-electron chi connectivity index (χ2n) is 22.7. The molecule has 0 atom stereocenters. The molecular weight excluding hydrogens is 1060 g/mol. The number of nitrogens with zero attached hydrogens (tertiary/aromatic N) is 9. The summed E-state index contributed by atoms with van der Waals surface area (Å²) in [5, 5.41) is 13.4. The van der Waals surface area contributed by atoms with Crippen LogP contribution in [0.25, 0.3) is 0 Å². The molecule has 4 aliphatic heterocycles. The molecule has 22 heteroatoms. The van der Waals surface area contributed by atoms with Crippen molar-refractivity contribution >= 4 is 82.7 Å². The Morgan fingerprint density at radius 2 is 0.900 bits per heavy atom. The van der Waals surface area contributed by atoms with Crippen LogP contribution in [0.4, 0.5) is 71.0 Å². The van der Waals surface area contributed by atoms with Crippen LogP contribution in [0.1, 0.15) is 56.9 Å². The van der Waals surface area contributed by atoms with Crippen LogP contribution in [0.5, 0.6) is 11.5 Å². The lowest BCUT2D eigenvalue weighted by Crippen LogP contribution is -2.46. The van der Waals surface area contributed by atoms with E-state index < -0.39 is 31.8 Å². The molecule has 0 aliphatic carbocycles. The highest BCUT2D eigenvalue weighted by Gasteiger charge is 2.39. The average Bonchev–Trinajstić information content (AvgIpc) is 3.46. The summed E-state index contributed by atoms with van der Waals surface area (Å²) in [6.07, 6.45) is 7.43. The number of methoxy groups -OCH3 is 2. The van der Waals surface area contributed by atoms with Gasteiger partial charge in [0, 0.05) is 66.5 Å². The molecule has 4 N–H and O–H groups in total. The van der Waals surface area contributed by atoms with Gasteiger partial charge in [0.25, 0.3) is 0 Å². The first-order valence-corrected chi connectivity index (χ1v) is 32.6. The van der Waals surface area contributed by atoms with Crippen molar-refractivity contribution in [3.8, 4) is 11.5 Å². The van der Waals surface area contributed by atoms with Crippen molar-refractivity contribution < 1.29 is 31.8 Å². The second-order valence-corrected chi connectivity index (χ2v) is 29.0. The molecule has 2 aromatic heterocycles. The van der Waals surface area contributed by atoms with Crippen LogP contribution in [-0.2, 0) is 15.3 Å².